The molecule has 0 amide bonds. The zero-order valence-electron chi connectivity index (χ0n) is 11.3. The summed E-state index contributed by atoms with van der Waals surface area (Å²) < 4.78 is 5.66. The molecule has 1 aliphatic heterocycles. The number of aliphatic carboxylic acids is 1. The molecule has 0 aliphatic carbocycles. The standard InChI is InChI=1S/C15H21NO3/c1-10-8-12-9-11(6-7-14(12)19-10)13(16)4-2-3-5-15(17)18/h6-7,9-10,13H,2-5,8,16H2,1H3,(H,17,18). The van der Waals surface area contributed by atoms with Crippen LogP contribution in [-0.4, -0.2) is 17.2 Å². The average molecular weight is 263 g/mol. The Hall–Kier alpha value is -1.55. The van der Waals surface area contributed by atoms with Crippen molar-refractivity contribution in [3.05, 3.63) is 29.3 Å². The Morgan fingerprint density at radius 1 is 1.53 bits per heavy atom. The summed E-state index contributed by atoms with van der Waals surface area (Å²) in [6.07, 6.45) is 3.77. The molecule has 0 radical (unpaired) electrons. The summed E-state index contributed by atoms with van der Waals surface area (Å²) in [6, 6.07) is 6.11. The first kappa shape index (κ1) is 13.9. The largest absolute Gasteiger partial charge is 0.490 e. The number of ether oxygens (including phenoxy) is 1. The minimum atomic E-state index is -0.739. The molecule has 0 spiro atoms. The monoisotopic (exact) mass is 263 g/mol. The molecule has 0 saturated heterocycles. The van der Waals surface area contributed by atoms with E-state index in [2.05, 4.69) is 13.0 Å². The van der Waals surface area contributed by atoms with E-state index in [4.69, 9.17) is 15.6 Å². The number of rotatable bonds is 6. The number of carbonyl (C=O) groups is 1. The van der Waals surface area contributed by atoms with E-state index in [9.17, 15) is 4.79 Å². The van der Waals surface area contributed by atoms with E-state index < -0.39 is 5.97 Å². The van der Waals surface area contributed by atoms with Crippen LogP contribution in [-0.2, 0) is 11.2 Å². The fourth-order valence-electron chi connectivity index (χ4n) is 2.48. The highest BCUT2D eigenvalue weighted by atomic mass is 16.5. The normalized spacial score (nSPS) is 18.7. The van der Waals surface area contributed by atoms with Crippen LogP contribution >= 0.6 is 0 Å². The lowest BCUT2D eigenvalue weighted by atomic mass is 9.98. The van der Waals surface area contributed by atoms with Gasteiger partial charge in [0.1, 0.15) is 11.9 Å². The van der Waals surface area contributed by atoms with Gasteiger partial charge in [-0.3, -0.25) is 4.79 Å². The second kappa shape index (κ2) is 6.06. The van der Waals surface area contributed by atoms with E-state index in [0.717, 1.165) is 30.6 Å². The number of hydrogen-bond donors (Lipinski definition) is 2. The van der Waals surface area contributed by atoms with Crippen LogP contribution in [0.1, 0.15) is 49.8 Å². The highest BCUT2D eigenvalue weighted by Crippen LogP contribution is 2.31. The third kappa shape index (κ3) is 3.70. The van der Waals surface area contributed by atoms with Gasteiger partial charge >= 0.3 is 5.97 Å². The molecule has 0 aromatic heterocycles. The van der Waals surface area contributed by atoms with Crippen LogP contribution in [0, 0.1) is 0 Å². The Labute approximate surface area is 113 Å². The van der Waals surface area contributed by atoms with Gasteiger partial charge in [-0.1, -0.05) is 18.6 Å². The Morgan fingerprint density at radius 3 is 3.05 bits per heavy atom. The lowest BCUT2D eigenvalue weighted by Gasteiger charge is -2.12. The Balaban J connectivity index is 1.88. The summed E-state index contributed by atoms with van der Waals surface area (Å²) in [5.74, 6) is 0.228. The third-order valence-electron chi connectivity index (χ3n) is 3.50. The first-order valence-electron chi connectivity index (χ1n) is 6.83. The fraction of sp³-hybridized carbons (Fsp3) is 0.533. The number of unbranched alkanes of at least 4 members (excludes halogenated alkanes) is 1. The lowest BCUT2D eigenvalue weighted by Crippen LogP contribution is -2.10. The Morgan fingerprint density at radius 2 is 2.32 bits per heavy atom. The van der Waals surface area contributed by atoms with Crippen LogP contribution in [0.3, 0.4) is 0 Å². The molecule has 0 fully saturated rings. The molecule has 2 atom stereocenters. The predicted molar refractivity (Wildman–Crippen MR) is 73.3 cm³/mol. The topological polar surface area (TPSA) is 72.6 Å². The first-order chi connectivity index (χ1) is 9.06. The van der Waals surface area contributed by atoms with Crippen molar-refractivity contribution >= 4 is 5.97 Å². The van der Waals surface area contributed by atoms with Gasteiger partial charge in [-0.25, -0.2) is 0 Å². The molecule has 0 bridgehead atoms. The molecular weight excluding hydrogens is 242 g/mol. The summed E-state index contributed by atoms with van der Waals surface area (Å²) >= 11 is 0. The molecule has 1 aromatic carbocycles. The smallest absolute Gasteiger partial charge is 0.303 e. The maximum Gasteiger partial charge on any atom is 0.303 e. The predicted octanol–water partition coefficient (Wildman–Crippen LogP) is 2.65. The van der Waals surface area contributed by atoms with Crippen LogP contribution in [0.15, 0.2) is 18.2 Å². The number of fused-ring (bicyclic) bond motifs is 1. The summed E-state index contributed by atoms with van der Waals surface area (Å²) in [5, 5.41) is 8.58. The highest BCUT2D eigenvalue weighted by molar-refractivity contribution is 5.66. The van der Waals surface area contributed by atoms with Crippen molar-refractivity contribution in [2.75, 3.05) is 0 Å². The maximum absolute atomic E-state index is 10.4. The van der Waals surface area contributed by atoms with Gasteiger partial charge in [0.15, 0.2) is 0 Å². The van der Waals surface area contributed by atoms with Crippen molar-refractivity contribution in [1.82, 2.24) is 0 Å². The minimum absolute atomic E-state index is 0.0185. The van der Waals surface area contributed by atoms with Gasteiger partial charge in [0.05, 0.1) is 0 Å². The van der Waals surface area contributed by atoms with Gasteiger partial charge in [-0.15, -0.1) is 0 Å². The highest BCUT2D eigenvalue weighted by Gasteiger charge is 2.20. The van der Waals surface area contributed by atoms with E-state index in [1.165, 1.54) is 5.56 Å². The molecule has 1 heterocycles. The van der Waals surface area contributed by atoms with Crippen LogP contribution in [0.25, 0.3) is 0 Å². The number of hydrogen-bond acceptors (Lipinski definition) is 3. The summed E-state index contributed by atoms with van der Waals surface area (Å²) in [6.45, 7) is 2.06. The van der Waals surface area contributed by atoms with Crippen LogP contribution in [0.5, 0.6) is 5.75 Å². The molecule has 1 aromatic rings. The van der Waals surface area contributed by atoms with Crippen molar-refractivity contribution in [3.8, 4) is 5.75 Å². The van der Waals surface area contributed by atoms with E-state index in [-0.39, 0.29) is 18.6 Å². The summed E-state index contributed by atoms with van der Waals surface area (Å²) in [5.41, 5.74) is 8.50. The van der Waals surface area contributed by atoms with Gasteiger partial charge in [-0.05, 0) is 37.0 Å². The quantitative estimate of drug-likeness (QED) is 0.774. The second-order valence-corrected chi connectivity index (χ2v) is 5.25. The molecule has 1 aliphatic rings. The minimum Gasteiger partial charge on any atom is -0.490 e. The third-order valence-corrected chi connectivity index (χ3v) is 3.50. The fourth-order valence-corrected chi connectivity index (χ4v) is 2.48. The summed E-state index contributed by atoms with van der Waals surface area (Å²) in [4.78, 5) is 10.4. The lowest BCUT2D eigenvalue weighted by molar-refractivity contribution is -0.137. The van der Waals surface area contributed by atoms with Crippen LogP contribution < -0.4 is 10.5 Å². The molecule has 2 rings (SSSR count). The SMILES string of the molecule is CC1Cc2cc(C(N)CCCCC(=O)O)ccc2O1. The molecule has 3 N–H and O–H groups in total. The number of benzene rings is 1. The molecule has 4 heteroatoms. The van der Waals surface area contributed by atoms with Crippen molar-refractivity contribution in [2.45, 2.75) is 51.2 Å². The van der Waals surface area contributed by atoms with Crippen molar-refractivity contribution < 1.29 is 14.6 Å². The molecule has 0 saturated carbocycles. The Kier molecular flexibility index (Phi) is 4.43. The van der Waals surface area contributed by atoms with E-state index >= 15 is 0 Å². The second-order valence-electron chi connectivity index (χ2n) is 5.25. The van der Waals surface area contributed by atoms with Gasteiger partial charge < -0.3 is 15.6 Å². The molecule has 4 nitrogen and oxygen atoms in total. The van der Waals surface area contributed by atoms with Crippen molar-refractivity contribution in [2.24, 2.45) is 5.73 Å². The van der Waals surface area contributed by atoms with Gasteiger partial charge in [0.25, 0.3) is 0 Å². The molecular formula is C15H21NO3. The average Bonchev–Trinajstić information content (AvgIpc) is 2.73. The summed E-state index contributed by atoms with van der Waals surface area (Å²) in [7, 11) is 0. The van der Waals surface area contributed by atoms with Crippen LogP contribution in [0.2, 0.25) is 0 Å². The van der Waals surface area contributed by atoms with Gasteiger partial charge in [-0.2, -0.15) is 0 Å². The molecule has 2 unspecified atom stereocenters. The first-order valence-corrected chi connectivity index (χ1v) is 6.83. The van der Waals surface area contributed by atoms with Gasteiger partial charge in [0.2, 0.25) is 0 Å². The maximum atomic E-state index is 10.4. The van der Waals surface area contributed by atoms with Crippen molar-refractivity contribution in [3.63, 3.8) is 0 Å². The van der Waals surface area contributed by atoms with E-state index in [0.29, 0.717) is 6.42 Å². The van der Waals surface area contributed by atoms with Crippen molar-refractivity contribution in [1.29, 1.82) is 0 Å². The van der Waals surface area contributed by atoms with E-state index in [1.54, 1.807) is 0 Å². The number of carboxylic acid groups (broad SMARTS) is 1. The molecule has 104 valence electrons. The molecule has 19 heavy (non-hydrogen) atoms. The van der Waals surface area contributed by atoms with Crippen LogP contribution in [0.4, 0.5) is 0 Å². The zero-order chi connectivity index (χ0) is 13.8. The number of nitrogens with two attached hydrogens (primary N) is 1. The van der Waals surface area contributed by atoms with E-state index in [1.807, 2.05) is 12.1 Å². The zero-order valence-corrected chi connectivity index (χ0v) is 11.3. The number of carboxylic acids is 1. The Bertz CT molecular complexity index is 459. The van der Waals surface area contributed by atoms with Gasteiger partial charge in [0, 0.05) is 18.9 Å².